The molecule has 16 heavy (non-hydrogen) atoms. The van der Waals surface area contributed by atoms with E-state index in [1.165, 1.54) is 11.3 Å². The summed E-state index contributed by atoms with van der Waals surface area (Å²) in [5.74, 6) is 0.533. The van der Waals surface area contributed by atoms with Gasteiger partial charge in [0.05, 0.1) is 18.6 Å². The lowest BCUT2D eigenvalue weighted by atomic mass is 10.0. The van der Waals surface area contributed by atoms with E-state index >= 15 is 0 Å². The fourth-order valence-corrected chi connectivity index (χ4v) is 1.73. The second-order valence-corrected chi connectivity index (χ2v) is 4.17. The molecule has 3 nitrogen and oxygen atoms in total. The summed E-state index contributed by atoms with van der Waals surface area (Å²) in [6.07, 6.45) is 3.54. The zero-order valence-corrected chi connectivity index (χ0v) is 9.70. The first-order valence-corrected chi connectivity index (χ1v) is 5.57. The average Bonchev–Trinajstić information content (AvgIpc) is 2.79. The largest absolute Gasteiger partial charge is 0.379 e. The van der Waals surface area contributed by atoms with Crippen molar-refractivity contribution in [3.05, 3.63) is 48.0 Å². The molecule has 1 aromatic carbocycles. The van der Waals surface area contributed by atoms with Crippen molar-refractivity contribution in [2.75, 3.05) is 5.32 Å². The van der Waals surface area contributed by atoms with E-state index in [1.807, 2.05) is 6.20 Å². The summed E-state index contributed by atoms with van der Waals surface area (Å²) in [7, 11) is 0. The van der Waals surface area contributed by atoms with Gasteiger partial charge in [0.1, 0.15) is 0 Å². The highest BCUT2D eigenvalue weighted by molar-refractivity contribution is 5.52. The topological polar surface area (TPSA) is 40.7 Å². The van der Waals surface area contributed by atoms with Crippen molar-refractivity contribution >= 4 is 5.69 Å². The number of para-hydroxylation sites is 1. The van der Waals surface area contributed by atoms with Crippen molar-refractivity contribution in [1.82, 2.24) is 9.97 Å². The molecule has 0 amide bonds. The zero-order chi connectivity index (χ0) is 11.4. The van der Waals surface area contributed by atoms with Gasteiger partial charge in [-0.3, -0.25) is 0 Å². The molecule has 0 radical (unpaired) electrons. The van der Waals surface area contributed by atoms with Gasteiger partial charge in [-0.15, -0.1) is 0 Å². The third kappa shape index (κ3) is 2.42. The zero-order valence-electron chi connectivity index (χ0n) is 9.70. The molecular formula is C13H17N3. The molecule has 0 fully saturated rings. The number of H-pyrrole nitrogens is 1. The summed E-state index contributed by atoms with van der Waals surface area (Å²) in [6, 6.07) is 8.42. The third-order valence-electron chi connectivity index (χ3n) is 2.61. The van der Waals surface area contributed by atoms with Gasteiger partial charge in [-0.1, -0.05) is 32.0 Å². The minimum absolute atomic E-state index is 0.533. The fraction of sp³-hybridized carbons (Fsp3) is 0.308. The molecule has 1 heterocycles. The lowest BCUT2D eigenvalue weighted by Gasteiger charge is -2.13. The van der Waals surface area contributed by atoms with Crippen LogP contribution in [0.4, 0.5) is 5.69 Å². The van der Waals surface area contributed by atoms with E-state index in [0.717, 1.165) is 12.2 Å². The van der Waals surface area contributed by atoms with E-state index in [-0.39, 0.29) is 0 Å². The maximum Gasteiger partial charge on any atom is 0.0922 e. The fourth-order valence-electron chi connectivity index (χ4n) is 1.73. The van der Waals surface area contributed by atoms with Crippen LogP contribution in [0.5, 0.6) is 0 Å². The number of anilines is 1. The first-order valence-electron chi connectivity index (χ1n) is 5.57. The molecule has 2 N–H and O–H groups in total. The second-order valence-electron chi connectivity index (χ2n) is 4.17. The number of benzene rings is 1. The Kier molecular flexibility index (Phi) is 3.25. The summed E-state index contributed by atoms with van der Waals surface area (Å²) < 4.78 is 0. The molecule has 0 bridgehead atoms. The van der Waals surface area contributed by atoms with Crippen molar-refractivity contribution in [2.45, 2.75) is 26.3 Å². The number of hydrogen-bond donors (Lipinski definition) is 2. The van der Waals surface area contributed by atoms with Crippen LogP contribution in [0.3, 0.4) is 0 Å². The Morgan fingerprint density at radius 2 is 2.12 bits per heavy atom. The monoisotopic (exact) mass is 215 g/mol. The Bertz CT molecular complexity index is 432. The highest BCUT2D eigenvalue weighted by Gasteiger charge is 2.05. The molecule has 0 saturated heterocycles. The average molecular weight is 215 g/mol. The van der Waals surface area contributed by atoms with Crippen LogP contribution in [-0.2, 0) is 6.54 Å². The highest BCUT2D eigenvalue weighted by atomic mass is 14.9. The van der Waals surface area contributed by atoms with Crippen molar-refractivity contribution < 1.29 is 0 Å². The Labute approximate surface area is 95.9 Å². The van der Waals surface area contributed by atoms with E-state index < -0.39 is 0 Å². The van der Waals surface area contributed by atoms with E-state index in [9.17, 15) is 0 Å². The van der Waals surface area contributed by atoms with Gasteiger partial charge >= 0.3 is 0 Å². The van der Waals surface area contributed by atoms with E-state index in [4.69, 9.17) is 0 Å². The molecule has 0 aliphatic rings. The minimum Gasteiger partial charge on any atom is -0.379 e. The summed E-state index contributed by atoms with van der Waals surface area (Å²) in [5, 5.41) is 3.43. The van der Waals surface area contributed by atoms with Crippen LogP contribution in [0.25, 0.3) is 0 Å². The van der Waals surface area contributed by atoms with Gasteiger partial charge in [0.15, 0.2) is 0 Å². The van der Waals surface area contributed by atoms with E-state index in [1.54, 1.807) is 6.33 Å². The lowest BCUT2D eigenvalue weighted by Crippen LogP contribution is -2.03. The quantitative estimate of drug-likeness (QED) is 0.822. The van der Waals surface area contributed by atoms with Crippen LogP contribution in [0.1, 0.15) is 31.0 Å². The number of imidazole rings is 1. The number of aromatic nitrogens is 2. The van der Waals surface area contributed by atoms with Crippen LogP contribution < -0.4 is 5.32 Å². The van der Waals surface area contributed by atoms with Gasteiger partial charge in [0.2, 0.25) is 0 Å². The normalized spacial score (nSPS) is 10.7. The van der Waals surface area contributed by atoms with Gasteiger partial charge in [0.25, 0.3) is 0 Å². The molecule has 0 unspecified atom stereocenters. The molecule has 1 aromatic heterocycles. The van der Waals surface area contributed by atoms with Crippen LogP contribution in [0.15, 0.2) is 36.8 Å². The predicted molar refractivity (Wildman–Crippen MR) is 66.4 cm³/mol. The summed E-state index contributed by atoms with van der Waals surface area (Å²) in [4.78, 5) is 7.08. The Hall–Kier alpha value is -1.77. The number of rotatable bonds is 4. The van der Waals surface area contributed by atoms with Crippen LogP contribution in [0.2, 0.25) is 0 Å². The molecule has 0 atom stereocenters. The van der Waals surface area contributed by atoms with Crippen LogP contribution in [-0.4, -0.2) is 9.97 Å². The van der Waals surface area contributed by atoms with E-state index in [2.05, 4.69) is 53.4 Å². The van der Waals surface area contributed by atoms with Crippen molar-refractivity contribution in [3.8, 4) is 0 Å². The standard InChI is InChI=1S/C13H17N3/c1-10(2)12-5-3-4-6-13(12)15-8-11-7-14-9-16-11/h3-7,9-10,15H,8H2,1-2H3,(H,14,16). The van der Waals surface area contributed by atoms with Gasteiger partial charge in [0, 0.05) is 11.9 Å². The Morgan fingerprint density at radius 3 is 2.81 bits per heavy atom. The molecule has 0 aliphatic carbocycles. The smallest absolute Gasteiger partial charge is 0.0922 e. The molecule has 0 saturated carbocycles. The van der Waals surface area contributed by atoms with Gasteiger partial charge in [-0.25, -0.2) is 4.98 Å². The Balaban J connectivity index is 2.09. The Morgan fingerprint density at radius 1 is 1.31 bits per heavy atom. The predicted octanol–water partition coefficient (Wildman–Crippen LogP) is 3.15. The minimum atomic E-state index is 0.533. The molecule has 2 rings (SSSR count). The number of hydrogen-bond acceptors (Lipinski definition) is 2. The first kappa shape index (κ1) is 10.7. The number of nitrogens with zero attached hydrogens (tertiary/aromatic N) is 1. The van der Waals surface area contributed by atoms with Crippen molar-refractivity contribution in [3.63, 3.8) is 0 Å². The van der Waals surface area contributed by atoms with Gasteiger partial charge in [-0.05, 0) is 17.5 Å². The van der Waals surface area contributed by atoms with Crippen molar-refractivity contribution in [2.24, 2.45) is 0 Å². The van der Waals surface area contributed by atoms with Crippen LogP contribution in [0, 0.1) is 0 Å². The highest BCUT2D eigenvalue weighted by Crippen LogP contribution is 2.23. The third-order valence-corrected chi connectivity index (χ3v) is 2.61. The molecule has 2 aromatic rings. The maximum absolute atomic E-state index is 4.00. The lowest BCUT2D eigenvalue weighted by molar-refractivity contribution is 0.864. The van der Waals surface area contributed by atoms with Gasteiger partial charge in [-0.2, -0.15) is 0 Å². The molecule has 0 spiro atoms. The number of aromatic amines is 1. The van der Waals surface area contributed by atoms with E-state index in [0.29, 0.717) is 5.92 Å². The molecular weight excluding hydrogens is 198 g/mol. The molecule has 3 heteroatoms. The van der Waals surface area contributed by atoms with Gasteiger partial charge < -0.3 is 10.3 Å². The number of nitrogens with one attached hydrogen (secondary N) is 2. The molecule has 0 aliphatic heterocycles. The van der Waals surface area contributed by atoms with Crippen molar-refractivity contribution in [1.29, 1.82) is 0 Å². The second kappa shape index (κ2) is 4.84. The summed E-state index contributed by atoms with van der Waals surface area (Å²) in [6.45, 7) is 5.19. The maximum atomic E-state index is 4.00. The van der Waals surface area contributed by atoms with Crippen LogP contribution >= 0.6 is 0 Å². The summed E-state index contributed by atoms with van der Waals surface area (Å²) in [5.41, 5.74) is 3.65. The molecule has 84 valence electrons. The SMILES string of the molecule is CC(C)c1ccccc1NCc1cnc[nH]1. The first-order chi connectivity index (χ1) is 7.77. The summed E-state index contributed by atoms with van der Waals surface area (Å²) >= 11 is 0.